The number of aromatic nitrogens is 2. The molecule has 6 nitrogen and oxygen atoms in total. The lowest BCUT2D eigenvalue weighted by atomic mass is 10.1. The van der Waals surface area contributed by atoms with Gasteiger partial charge in [0.2, 0.25) is 5.88 Å². The van der Waals surface area contributed by atoms with Gasteiger partial charge in [0, 0.05) is 35.9 Å². The highest BCUT2D eigenvalue weighted by molar-refractivity contribution is 5.91. The minimum absolute atomic E-state index is 0.381. The number of hydrogen-bond acceptors (Lipinski definition) is 6. The van der Waals surface area contributed by atoms with Crippen LogP contribution in [0.15, 0.2) is 72.9 Å². The molecule has 0 spiro atoms. The van der Waals surface area contributed by atoms with E-state index >= 15 is 0 Å². The lowest BCUT2D eigenvalue weighted by Gasteiger charge is -2.11. The summed E-state index contributed by atoms with van der Waals surface area (Å²) in [4.78, 5) is 8.70. The standard InChI is InChI=1S/C23H18N4O2/c1-28-18-5-4-6-19(12-18)29-23-10-9-16(15-26-23)14-25-22-11-17(13-24)27-21-8-3-2-7-20(21)22/h2-12,15H,14H2,1H3,(H,25,27). The SMILES string of the molecule is COc1cccc(Oc2ccc(CNc3cc(C#N)nc4ccccc34)cn2)c1. The average molecular weight is 382 g/mol. The maximum Gasteiger partial charge on any atom is 0.219 e. The molecule has 4 rings (SSSR count). The van der Waals surface area contributed by atoms with E-state index in [9.17, 15) is 5.26 Å². The molecule has 0 bridgehead atoms. The predicted octanol–water partition coefficient (Wildman–Crippen LogP) is 4.91. The topological polar surface area (TPSA) is 80.1 Å². The zero-order valence-electron chi connectivity index (χ0n) is 15.8. The van der Waals surface area contributed by atoms with Crippen molar-refractivity contribution in [2.24, 2.45) is 0 Å². The molecule has 0 unspecified atom stereocenters. The normalized spacial score (nSPS) is 10.3. The third-order valence-corrected chi connectivity index (χ3v) is 4.37. The molecule has 0 radical (unpaired) electrons. The molecule has 0 aliphatic rings. The third kappa shape index (κ3) is 4.25. The Hall–Kier alpha value is -4.11. The van der Waals surface area contributed by atoms with Crippen LogP contribution in [-0.4, -0.2) is 17.1 Å². The van der Waals surface area contributed by atoms with E-state index in [2.05, 4.69) is 21.4 Å². The first-order chi connectivity index (χ1) is 14.2. The Morgan fingerprint density at radius 3 is 2.66 bits per heavy atom. The molecule has 6 heteroatoms. The molecule has 2 heterocycles. The van der Waals surface area contributed by atoms with Gasteiger partial charge in [-0.25, -0.2) is 9.97 Å². The fraction of sp³-hybridized carbons (Fsp3) is 0.0870. The molecule has 1 N–H and O–H groups in total. The monoisotopic (exact) mass is 382 g/mol. The first kappa shape index (κ1) is 18.3. The van der Waals surface area contributed by atoms with Crippen LogP contribution in [0, 0.1) is 11.3 Å². The Bertz CT molecular complexity index is 1180. The van der Waals surface area contributed by atoms with Crippen LogP contribution >= 0.6 is 0 Å². The zero-order chi connectivity index (χ0) is 20.1. The van der Waals surface area contributed by atoms with Gasteiger partial charge in [0.15, 0.2) is 0 Å². The number of ether oxygens (including phenoxy) is 2. The Balaban J connectivity index is 1.47. The molecule has 0 aliphatic carbocycles. The predicted molar refractivity (Wildman–Crippen MR) is 111 cm³/mol. The van der Waals surface area contributed by atoms with E-state index in [1.54, 1.807) is 25.4 Å². The van der Waals surface area contributed by atoms with Gasteiger partial charge < -0.3 is 14.8 Å². The summed E-state index contributed by atoms with van der Waals surface area (Å²) < 4.78 is 11.0. The molecule has 0 aliphatic heterocycles. The van der Waals surface area contributed by atoms with E-state index in [4.69, 9.17) is 9.47 Å². The number of hydrogen-bond donors (Lipinski definition) is 1. The summed E-state index contributed by atoms with van der Waals surface area (Å²) in [5.41, 5.74) is 3.02. The molecule has 2 aromatic heterocycles. The number of methoxy groups -OCH3 is 1. The van der Waals surface area contributed by atoms with Gasteiger partial charge in [-0.05, 0) is 29.8 Å². The summed E-state index contributed by atoms with van der Waals surface area (Å²) in [5, 5.41) is 13.6. The van der Waals surface area contributed by atoms with E-state index in [0.29, 0.717) is 23.9 Å². The van der Waals surface area contributed by atoms with Crippen LogP contribution in [-0.2, 0) is 6.54 Å². The number of para-hydroxylation sites is 1. The Morgan fingerprint density at radius 2 is 1.86 bits per heavy atom. The molecule has 0 atom stereocenters. The lowest BCUT2D eigenvalue weighted by molar-refractivity contribution is 0.407. The van der Waals surface area contributed by atoms with Crippen molar-refractivity contribution < 1.29 is 9.47 Å². The Morgan fingerprint density at radius 1 is 1.00 bits per heavy atom. The highest BCUT2D eigenvalue weighted by Crippen LogP contribution is 2.25. The van der Waals surface area contributed by atoms with Crippen LogP contribution in [0.5, 0.6) is 17.4 Å². The molecule has 0 saturated heterocycles. The van der Waals surface area contributed by atoms with Crippen molar-refractivity contribution in [3.05, 3.63) is 84.2 Å². The van der Waals surface area contributed by atoms with E-state index in [0.717, 1.165) is 27.9 Å². The van der Waals surface area contributed by atoms with Crippen molar-refractivity contribution in [2.75, 3.05) is 12.4 Å². The third-order valence-electron chi connectivity index (χ3n) is 4.37. The zero-order valence-corrected chi connectivity index (χ0v) is 15.8. The number of rotatable bonds is 6. The van der Waals surface area contributed by atoms with Gasteiger partial charge in [-0.3, -0.25) is 0 Å². The fourth-order valence-corrected chi connectivity index (χ4v) is 2.94. The Labute approximate surface area is 168 Å². The summed E-state index contributed by atoms with van der Waals surface area (Å²) >= 11 is 0. The van der Waals surface area contributed by atoms with Crippen molar-refractivity contribution in [2.45, 2.75) is 6.54 Å². The fourth-order valence-electron chi connectivity index (χ4n) is 2.94. The van der Waals surface area contributed by atoms with Crippen LogP contribution in [0.2, 0.25) is 0 Å². The molecule has 0 amide bonds. The van der Waals surface area contributed by atoms with Crippen LogP contribution in [0.25, 0.3) is 10.9 Å². The maximum absolute atomic E-state index is 9.22. The molecule has 29 heavy (non-hydrogen) atoms. The molecule has 0 fully saturated rings. The van der Waals surface area contributed by atoms with Crippen molar-refractivity contribution in [1.82, 2.24) is 9.97 Å². The first-order valence-electron chi connectivity index (χ1n) is 9.06. The number of fused-ring (bicyclic) bond motifs is 1. The first-order valence-corrected chi connectivity index (χ1v) is 9.06. The van der Waals surface area contributed by atoms with Crippen molar-refractivity contribution in [3.63, 3.8) is 0 Å². The van der Waals surface area contributed by atoms with Gasteiger partial charge in [0.05, 0.1) is 12.6 Å². The van der Waals surface area contributed by atoms with Crippen molar-refractivity contribution in [3.8, 4) is 23.4 Å². The van der Waals surface area contributed by atoms with Gasteiger partial charge in [-0.15, -0.1) is 0 Å². The van der Waals surface area contributed by atoms with Crippen molar-refractivity contribution >= 4 is 16.6 Å². The van der Waals surface area contributed by atoms with E-state index in [1.807, 2.05) is 54.6 Å². The van der Waals surface area contributed by atoms with E-state index < -0.39 is 0 Å². The van der Waals surface area contributed by atoms with Crippen LogP contribution in [0.3, 0.4) is 0 Å². The van der Waals surface area contributed by atoms with Gasteiger partial charge in [-0.1, -0.05) is 30.3 Å². The minimum atomic E-state index is 0.381. The Kier molecular flexibility index (Phi) is 5.21. The lowest BCUT2D eigenvalue weighted by Crippen LogP contribution is -2.02. The van der Waals surface area contributed by atoms with Gasteiger partial charge in [0.1, 0.15) is 23.3 Å². The van der Waals surface area contributed by atoms with Crippen LogP contribution in [0.1, 0.15) is 11.3 Å². The summed E-state index contributed by atoms with van der Waals surface area (Å²) in [7, 11) is 1.62. The largest absolute Gasteiger partial charge is 0.497 e. The second-order valence-electron chi connectivity index (χ2n) is 6.32. The molecule has 0 saturated carbocycles. The highest BCUT2D eigenvalue weighted by Gasteiger charge is 2.06. The number of anilines is 1. The highest BCUT2D eigenvalue weighted by atomic mass is 16.5. The van der Waals surface area contributed by atoms with Crippen molar-refractivity contribution in [1.29, 1.82) is 5.26 Å². The summed E-state index contributed by atoms with van der Waals surface area (Å²) in [6, 6.07) is 22.7. The minimum Gasteiger partial charge on any atom is -0.497 e. The van der Waals surface area contributed by atoms with Gasteiger partial charge in [0.25, 0.3) is 0 Å². The van der Waals surface area contributed by atoms with Crippen LogP contribution < -0.4 is 14.8 Å². The summed E-state index contributed by atoms with van der Waals surface area (Å²) in [5.74, 6) is 1.89. The quantitative estimate of drug-likeness (QED) is 0.510. The molecule has 4 aromatic rings. The maximum atomic E-state index is 9.22. The van der Waals surface area contributed by atoms with Crippen LogP contribution in [0.4, 0.5) is 5.69 Å². The summed E-state index contributed by atoms with van der Waals surface area (Å²) in [6.45, 7) is 0.561. The molecule has 2 aromatic carbocycles. The number of nitriles is 1. The second-order valence-corrected chi connectivity index (χ2v) is 6.32. The summed E-state index contributed by atoms with van der Waals surface area (Å²) in [6.07, 6.45) is 1.76. The average Bonchev–Trinajstić information content (AvgIpc) is 2.78. The molecular formula is C23H18N4O2. The number of benzene rings is 2. The molecule has 142 valence electrons. The second kappa shape index (κ2) is 8.28. The van der Waals surface area contributed by atoms with E-state index in [1.165, 1.54) is 0 Å². The van der Waals surface area contributed by atoms with E-state index in [-0.39, 0.29) is 0 Å². The van der Waals surface area contributed by atoms with Gasteiger partial charge in [-0.2, -0.15) is 5.26 Å². The smallest absolute Gasteiger partial charge is 0.219 e. The van der Waals surface area contributed by atoms with Gasteiger partial charge >= 0.3 is 0 Å². The molecular weight excluding hydrogens is 364 g/mol. The number of pyridine rings is 2. The number of nitrogens with one attached hydrogen (secondary N) is 1. The number of nitrogens with zero attached hydrogens (tertiary/aromatic N) is 3.